The topological polar surface area (TPSA) is 99.9 Å². The molecule has 3 aromatic carbocycles. The number of aliphatic hydroxyl groups is 1. The van der Waals surface area contributed by atoms with E-state index in [2.05, 4.69) is 15.9 Å². The first-order valence-electron chi connectivity index (χ1n) is 10.2. The molecular formula is C26H19BrN2O5. The van der Waals surface area contributed by atoms with Crippen LogP contribution in [0.3, 0.4) is 0 Å². The Bertz CT molecular complexity index is 1340. The van der Waals surface area contributed by atoms with Crippen molar-refractivity contribution >= 4 is 39.1 Å². The largest absolute Gasteiger partial charge is 0.507 e. The third kappa shape index (κ3) is 3.91. The molecule has 0 aliphatic carbocycles. The third-order valence-corrected chi connectivity index (χ3v) is 6.09. The zero-order valence-corrected chi connectivity index (χ0v) is 19.9. The molecule has 1 unspecified atom stereocenters. The number of nitriles is 1. The Morgan fingerprint density at radius 1 is 1.00 bits per heavy atom. The van der Waals surface area contributed by atoms with Crippen molar-refractivity contribution in [2.45, 2.75) is 6.04 Å². The molecule has 0 spiro atoms. The number of aliphatic hydroxyl groups excluding tert-OH is 1. The molecule has 1 saturated heterocycles. The molecule has 8 heteroatoms. The lowest BCUT2D eigenvalue weighted by Crippen LogP contribution is -2.29. The lowest BCUT2D eigenvalue weighted by molar-refractivity contribution is -0.132. The molecule has 0 aromatic heterocycles. The first-order chi connectivity index (χ1) is 16.4. The van der Waals surface area contributed by atoms with Crippen LogP contribution in [-0.4, -0.2) is 31.0 Å². The fourth-order valence-electron chi connectivity index (χ4n) is 3.98. The zero-order chi connectivity index (χ0) is 24.4. The smallest absolute Gasteiger partial charge is 0.300 e. The highest BCUT2D eigenvalue weighted by Gasteiger charge is 2.48. The van der Waals surface area contributed by atoms with Gasteiger partial charge >= 0.3 is 0 Å². The van der Waals surface area contributed by atoms with Crippen LogP contribution in [0, 0.1) is 11.3 Å². The first kappa shape index (κ1) is 23.1. The maximum atomic E-state index is 13.3. The van der Waals surface area contributed by atoms with E-state index in [0.29, 0.717) is 33.9 Å². The van der Waals surface area contributed by atoms with Gasteiger partial charge in [0.15, 0.2) is 11.5 Å². The number of ether oxygens (including phenoxy) is 2. The molecule has 0 radical (unpaired) electrons. The van der Waals surface area contributed by atoms with Gasteiger partial charge in [0.2, 0.25) is 0 Å². The summed E-state index contributed by atoms with van der Waals surface area (Å²) < 4.78 is 11.8. The number of carbonyl (C=O) groups is 2. The Hall–Kier alpha value is -4.09. The zero-order valence-electron chi connectivity index (χ0n) is 18.3. The number of rotatable bonds is 5. The number of Topliss-reactive ketones (excluding diaryl/α,β-unsaturated/α-hetero) is 1. The van der Waals surface area contributed by atoms with Crippen molar-refractivity contribution in [2.75, 3.05) is 19.1 Å². The Morgan fingerprint density at radius 2 is 1.68 bits per heavy atom. The van der Waals surface area contributed by atoms with E-state index < -0.39 is 17.7 Å². The molecule has 1 amide bonds. The molecule has 7 nitrogen and oxygen atoms in total. The minimum absolute atomic E-state index is 0.0803. The van der Waals surface area contributed by atoms with Crippen LogP contribution in [0.15, 0.2) is 76.8 Å². The molecule has 1 aliphatic heterocycles. The van der Waals surface area contributed by atoms with Crippen LogP contribution < -0.4 is 14.4 Å². The second-order valence-electron chi connectivity index (χ2n) is 7.42. The van der Waals surface area contributed by atoms with E-state index >= 15 is 0 Å². The summed E-state index contributed by atoms with van der Waals surface area (Å²) in [4.78, 5) is 27.9. The fraction of sp³-hybridized carbons (Fsp3) is 0.115. The summed E-state index contributed by atoms with van der Waals surface area (Å²) in [7, 11) is 2.95. The minimum Gasteiger partial charge on any atom is -0.507 e. The van der Waals surface area contributed by atoms with Crippen LogP contribution in [0.4, 0.5) is 5.69 Å². The van der Waals surface area contributed by atoms with Gasteiger partial charge in [0.1, 0.15) is 5.76 Å². The number of amides is 1. The van der Waals surface area contributed by atoms with Gasteiger partial charge in [-0.25, -0.2) is 0 Å². The van der Waals surface area contributed by atoms with Crippen LogP contribution in [0.25, 0.3) is 5.76 Å². The number of nitrogens with zero attached hydrogens (tertiary/aromatic N) is 2. The van der Waals surface area contributed by atoms with Gasteiger partial charge in [0, 0.05) is 21.3 Å². The molecule has 170 valence electrons. The van der Waals surface area contributed by atoms with Crippen LogP contribution in [0.5, 0.6) is 11.5 Å². The number of carbonyl (C=O) groups excluding carboxylic acids is 2. The quantitative estimate of drug-likeness (QED) is 0.291. The average molecular weight is 519 g/mol. The molecule has 1 aliphatic rings. The standard InChI is InChI=1S/C26H19BrN2O5/c1-33-20-5-3-4-19(25(20)34-2)22-21(23(30)16-8-10-17(27)11-9-16)24(31)26(32)29(22)18-12-6-15(14-28)7-13-18/h3-13,22,30H,1-2H3/b23-21-. The summed E-state index contributed by atoms with van der Waals surface area (Å²) in [6.07, 6.45) is 0. The molecule has 1 fully saturated rings. The van der Waals surface area contributed by atoms with E-state index in [-0.39, 0.29) is 11.3 Å². The van der Waals surface area contributed by atoms with Gasteiger partial charge in [-0.15, -0.1) is 0 Å². The van der Waals surface area contributed by atoms with Crippen molar-refractivity contribution in [3.05, 3.63) is 93.5 Å². The number of methoxy groups -OCH3 is 2. The van der Waals surface area contributed by atoms with Gasteiger partial charge in [0.25, 0.3) is 11.7 Å². The van der Waals surface area contributed by atoms with Crippen LogP contribution in [-0.2, 0) is 9.59 Å². The van der Waals surface area contributed by atoms with E-state index in [4.69, 9.17) is 14.7 Å². The predicted molar refractivity (Wildman–Crippen MR) is 130 cm³/mol. The van der Waals surface area contributed by atoms with Crippen molar-refractivity contribution in [1.29, 1.82) is 5.26 Å². The van der Waals surface area contributed by atoms with Crippen molar-refractivity contribution < 1.29 is 24.2 Å². The lowest BCUT2D eigenvalue weighted by atomic mass is 9.94. The highest BCUT2D eigenvalue weighted by molar-refractivity contribution is 9.10. The number of hydrogen-bond donors (Lipinski definition) is 1. The normalized spacial score (nSPS) is 16.9. The highest BCUT2D eigenvalue weighted by Crippen LogP contribution is 2.47. The van der Waals surface area contributed by atoms with E-state index in [1.54, 1.807) is 66.7 Å². The molecule has 34 heavy (non-hydrogen) atoms. The second-order valence-corrected chi connectivity index (χ2v) is 8.33. The summed E-state index contributed by atoms with van der Waals surface area (Å²) in [5.74, 6) is -1.21. The Morgan fingerprint density at radius 3 is 2.26 bits per heavy atom. The van der Waals surface area contributed by atoms with Gasteiger partial charge < -0.3 is 14.6 Å². The fourth-order valence-corrected chi connectivity index (χ4v) is 4.24. The van der Waals surface area contributed by atoms with E-state index in [1.807, 2.05) is 6.07 Å². The molecule has 1 N–H and O–H groups in total. The van der Waals surface area contributed by atoms with Crippen molar-refractivity contribution in [3.63, 3.8) is 0 Å². The van der Waals surface area contributed by atoms with E-state index in [1.165, 1.54) is 19.1 Å². The average Bonchev–Trinajstić information content (AvgIpc) is 3.13. The SMILES string of the molecule is COc1cccc(C2/C(=C(/O)c3ccc(Br)cc3)C(=O)C(=O)N2c2ccc(C#N)cc2)c1OC. The summed E-state index contributed by atoms with van der Waals surface area (Å²) in [5.41, 5.74) is 1.57. The maximum absolute atomic E-state index is 13.3. The Balaban J connectivity index is 2.00. The number of hydrogen-bond acceptors (Lipinski definition) is 6. The van der Waals surface area contributed by atoms with Crippen molar-refractivity contribution in [3.8, 4) is 17.6 Å². The number of halogens is 1. The van der Waals surface area contributed by atoms with E-state index in [9.17, 15) is 14.7 Å². The lowest BCUT2D eigenvalue weighted by Gasteiger charge is -2.27. The minimum atomic E-state index is -0.998. The molecule has 1 atom stereocenters. The van der Waals surface area contributed by atoms with Gasteiger partial charge in [0.05, 0.1) is 37.5 Å². The van der Waals surface area contributed by atoms with Crippen LogP contribution >= 0.6 is 15.9 Å². The first-order valence-corrected chi connectivity index (χ1v) is 11.0. The summed E-state index contributed by atoms with van der Waals surface area (Å²) in [6.45, 7) is 0. The molecular weight excluding hydrogens is 500 g/mol. The summed E-state index contributed by atoms with van der Waals surface area (Å²) in [6, 6.07) is 19.2. The van der Waals surface area contributed by atoms with Gasteiger partial charge in [-0.05, 0) is 42.5 Å². The second kappa shape index (κ2) is 9.41. The predicted octanol–water partition coefficient (Wildman–Crippen LogP) is 4.96. The summed E-state index contributed by atoms with van der Waals surface area (Å²) >= 11 is 3.35. The van der Waals surface area contributed by atoms with Gasteiger partial charge in [-0.2, -0.15) is 5.26 Å². The Labute approximate surface area is 204 Å². The molecule has 4 rings (SSSR count). The highest BCUT2D eigenvalue weighted by atomic mass is 79.9. The summed E-state index contributed by atoms with van der Waals surface area (Å²) in [5, 5.41) is 20.4. The monoisotopic (exact) mass is 518 g/mol. The van der Waals surface area contributed by atoms with E-state index in [0.717, 1.165) is 4.47 Å². The van der Waals surface area contributed by atoms with Crippen molar-refractivity contribution in [2.24, 2.45) is 0 Å². The maximum Gasteiger partial charge on any atom is 0.300 e. The number of benzene rings is 3. The number of para-hydroxylation sites is 1. The third-order valence-electron chi connectivity index (χ3n) is 5.56. The van der Waals surface area contributed by atoms with Crippen molar-refractivity contribution in [1.82, 2.24) is 0 Å². The Kier molecular flexibility index (Phi) is 6.39. The van der Waals surface area contributed by atoms with Crippen LogP contribution in [0.1, 0.15) is 22.7 Å². The molecule has 0 saturated carbocycles. The molecule has 1 heterocycles. The number of ketones is 1. The van der Waals surface area contributed by atoms with Gasteiger partial charge in [-0.3, -0.25) is 14.5 Å². The van der Waals surface area contributed by atoms with Crippen LogP contribution in [0.2, 0.25) is 0 Å². The number of anilines is 1. The molecule has 0 bridgehead atoms. The van der Waals surface area contributed by atoms with Gasteiger partial charge in [-0.1, -0.05) is 40.2 Å². The molecule has 3 aromatic rings.